The predicted molar refractivity (Wildman–Crippen MR) is 142 cm³/mol. The molecule has 0 aliphatic carbocycles. The lowest BCUT2D eigenvalue weighted by Crippen LogP contribution is -2.64. The largest absolute Gasteiger partial charge is 0.391 e. The highest BCUT2D eigenvalue weighted by atomic mass is 16.3. The first-order valence-electron chi connectivity index (χ1n) is 13.6. The molecule has 5 N–H and O–H groups in total. The topological polar surface area (TPSA) is 148 Å². The zero-order chi connectivity index (χ0) is 27.9. The molecule has 2 saturated heterocycles. The third-order valence-corrected chi connectivity index (χ3v) is 7.41. The summed E-state index contributed by atoms with van der Waals surface area (Å²) in [5, 5.41) is 27.7. The number of amides is 4. The van der Waals surface area contributed by atoms with E-state index in [-0.39, 0.29) is 18.2 Å². The Labute approximate surface area is 224 Å². The van der Waals surface area contributed by atoms with Crippen molar-refractivity contribution in [1.29, 1.82) is 0 Å². The number of aliphatic hydroxyl groups is 2. The normalized spacial score (nSPS) is 25.8. The summed E-state index contributed by atoms with van der Waals surface area (Å²) in [4.78, 5) is 55.1. The number of hydrogen-bond donors (Lipinski definition) is 5. The average Bonchev–Trinajstić information content (AvgIpc) is 3.36. The van der Waals surface area contributed by atoms with Crippen LogP contribution < -0.4 is 16.0 Å². The first-order chi connectivity index (χ1) is 18.0. The summed E-state index contributed by atoms with van der Waals surface area (Å²) >= 11 is 0. The van der Waals surface area contributed by atoms with Crippen LogP contribution in [0, 0.1) is 0 Å². The smallest absolute Gasteiger partial charge is 0.246 e. The summed E-state index contributed by atoms with van der Waals surface area (Å²) in [6.07, 6.45) is 2.56. The van der Waals surface area contributed by atoms with E-state index in [0.717, 1.165) is 5.56 Å². The van der Waals surface area contributed by atoms with E-state index in [2.05, 4.69) is 16.0 Å². The predicted octanol–water partition coefficient (Wildman–Crippen LogP) is 0.790. The summed E-state index contributed by atoms with van der Waals surface area (Å²) in [6.45, 7) is 5.09. The van der Waals surface area contributed by atoms with Crippen LogP contribution in [0.3, 0.4) is 0 Å². The summed E-state index contributed by atoms with van der Waals surface area (Å²) in [7, 11) is 0. The highest BCUT2D eigenvalue weighted by Crippen LogP contribution is 2.21. The van der Waals surface area contributed by atoms with Gasteiger partial charge in [-0.05, 0) is 52.0 Å². The van der Waals surface area contributed by atoms with E-state index in [0.29, 0.717) is 51.5 Å². The maximum atomic E-state index is 13.6. The van der Waals surface area contributed by atoms with Gasteiger partial charge < -0.3 is 31.1 Å². The van der Waals surface area contributed by atoms with Crippen molar-refractivity contribution in [3.05, 3.63) is 35.9 Å². The van der Waals surface area contributed by atoms with E-state index in [4.69, 9.17) is 0 Å². The van der Waals surface area contributed by atoms with Crippen LogP contribution in [0.5, 0.6) is 0 Å². The van der Waals surface area contributed by atoms with Crippen LogP contribution in [0.15, 0.2) is 30.3 Å². The molecule has 0 radical (unpaired) electrons. The second-order valence-corrected chi connectivity index (χ2v) is 11.0. The van der Waals surface area contributed by atoms with Gasteiger partial charge in [-0.2, -0.15) is 0 Å². The van der Waals surface area contributed by atoms with E-state index in [1.54, 1.807) is 13.8 Å². The molecule has 0 spiro atoms. The number of aliphatic hydroxyl groups excluding tert-OH is 2. The summed E-state index contributed by atoms with van der Waals surface area (Å²) in [5.41, 5.74) is -0.443. The third kappa shape index (κ3) is 7.77. The molecule has 3 rings (SSSR count). The zero-order valence-electron chi connectivity index (χ0n) is 22.6. The number of carbonyl (C=O) groups is 4. The minimum atomic E-state index is -1.32. The summed E-state index contributed by atoms with van der Waals surface area (Å²) in [5.74, 6) is -1.62. The van der Waals surface area contributed by atoms with Gasteiger partial charge in [0.2, 0.25) is 23.6 Å². The van der Waals surface area contributed by atoms with E-state index in [9.17, 15) is 29.4 Å². The minimum Gasteiger partial charge on any atom is -0.391 e. The standard InChI is InChI=1S/C28H42N4O6/c1-18(33)23(34)15-9-5-8-13-20-24(35)31-28(2,3)27(38)30-21(17-19-11-6-4-7-12-19)26(37)32-16-10-14-22(32)25(36)29-20/h4,6-7,11-12,18,20-23,33-34H,5,8-10,13-17H2,1-3H3,(H,29,36)(H,30,38)(H,31,35). The van der Waals surface area contributed by atoms with Crippen LogP contribution >= 0.6 is 0 Å². The van der Waals surface area contributed by atoms with Gasteiger partial charge in [0.1, 0.15) is 23.7 Å². The molecule has 2 aliphatic heterocycles. The number of nitrogens with one attached hydrogen (secondary N) is 3. The Bertz CT molecular complexity index is 983. The Balaban J connectivity index is 1.77. The van der Waals surface area contributed by atoms with Crippen LogP contribution in [0.2, 0.25) is 0 Å². The van der Waals surface area contributed by atoms with Gasteiger partial charge in [-0.3, -0.25) is 19.2 Å². The van der Waals surface area contributed by atoms with Crippen LogP contribution in [-0.2, 0) is 25.6 Å². The molecule has 0 aromatic heterocycles. The molecule has 210 valence electrons. The summed E-state index contributed by atoms with van der Waals surface area (Å²) < 4.78 is 0. The molecule has 5 unspecified atom stereocenters. The van der Waals surface area contributed by atoms with Gasteiger partial charge in [-0.15, -0.1) is 0 Å². The number of fused-ring (bicyclic) bond motifs is 1. The molecule has 10 heteroatoms. The van der Waals surface area contributed by atoms with E-state index >= 15 is 0 Å². The Morgan fingerprint density at radius 2 is 1.68 bits per heavy atom. The van der Waals surface area contributed by atoms with Crippen molar-refractivity contribution in [1.82, 2.24) is 20.9 Å². The number of carbonyl (C=O) groups excluding carboxylic acids is 4. The van der Waals surface area contributed by atoms with Gasteiger partial charge in [0.15, 0.2) is 0 Å². The SMILES string of the molecule is CC(O)C(O)CCCCCC1NC(=O)C2CCCN2C(=O)C(Cc2ccccc2)NC(=O)C(C)(C)NC1=O. The first kappa shape index (κ1) is 29.6. The highest BCUT2D eigenvalue weighted by molar-refractivity contribution is 5.99. The molecule has 2 aliphatic rings. The van der Waals surface area contributed by atoms with Crippen molar-refractivity contribution < 1.29 is 29.4 Å². The number of unbranched alkanes of at least 4 members (excludes halogenated alkanes) is 2. The molecule has 1 aromatic carbocycles. The van der Waals surface area contributed by atoms with Crippen molar-refractivity contribution in [2.45, 2.75) is 108 Å². The Morgan fingerprint density at radius 1 is 0.974 bits per heavy atom. The van der Waals surface area contributed by atoms with E-state index < -0.39 is 47.7 Å². The molecule has 38 heavy (non-hydrogen) atoms. The van der Waals surface area contributed by atoms with Crippen molar-refractivity contribution in [3.63, 3.8) is 0 Å². The monoisotopic (exact) mass is 530 g/mol. The fourth-order valence-corrected chi connectivity index (χ4v) is 5.00. The number of nitrogens with zero attached hydrogens (tertiary/aromatic N) is 1. The second kappa shape index (κ2) is 13.2. The summed E-state index contributed by atoms with van der Waals surface area (Å²) in [6, 6.07) is 6.92. The van der Waals surface area contributed by atoms with Crippen LogP contribution in [-0.4, -0.2) is 81.2 Å². The quantitative estimate of drug-likeness (QED) is 0.298. The van der Waals surface area contributed by atoms with Crippen LogP contribution in [0.25, 0.3) is 0 Å². The molecule has 1 aromatic rings. The lowest BCUT2D eigenvalue weighted by atomic mass is 9.98. The lowest BCUT2D eigenvalue weighted by Gasteiger charge is -2.34. The molecule has 2 fully saturated rings. The molecule has 5 atom stereocenters. The zero-order valence-corrected chi connectivity index (χ0v) is 22.6. The molecule has 4 amide bonds. The molecule has 10 nitrogen and oxygen atoms in total. The fraction of sp³-hybridized carbons (Fsp3) is 0.643. The third-order valence-electron chi connectivity index (χ3n) is 7.41. The van der Waals surface area contributed by atoms with Crippen molar-refractivity contribution >= 4 is 23.6 Å². The van der Waals surface area contributed by atoms with Gasteiger partial charge in [-0.25, -0.2) is 0 Å². The second-order valence-electron chi connectivity index (χ2n) is 11.0. The van der Waals surface area contributed by atoms with Gasteiger partial charge in [-0.1, -0.05) is 49.6 Å². The van der Waals surface area contributed by atoms with Crippen LogP contribution in [0.4, 0.5) is 0 Å². The van der Waals surface area contributed by atoms with Crippen molar-refractivity contribution in [2.75, 3.05) is 6.54 Å². The number of hydrogen-bond acceptors (Lipinski definition) is 6. The molecule has 0 bridgehead atoms. The van der Waals surface area contributed by atoms with Gasteiger partial charge >= 0.3 is 0 Å². The average molecular weight is 531 g/mol. The maximum Gasteiger partial charge on any atom is 0.246 e. The van der Waals surface area contributed by atoms with Crippen molar-refractivity contribution in [2.24, 2.45) is 0 Å². The Kier molecular flexibility index (Phi) is 10.3. The molecule has 2 heterocycles. The van der Waals surface area contributed by atoms with Crippen molar-refractivity contribution in [3.8, 4) is 0 Å². The van der Waals surface area contributed by atoms with E-state index in [1.165, 1.54) is 11.8 Å². The molecule has 0 saturated carbocycles. The number of benzene rings is 1. The van der Waals surface area contributed by atoms with Gasteiger partial charge in [0.05, 0.1) is 12.2 Å². The molecular weight excluding hydrogens is 488 g/mol. The van der Waals surface area contributed by atoms with Crippen LogP contribution in [0.1, 0.15) is 71.3 Å². The highest BCUT2D eigenvalue weighted by Gasteiger charge is 2.42. The minimum absolute atomic E-state index is 0.270. The Morgan fingerprint density at radius 3 is 2.37 bits per heavy atom. The number of rotatable bonds is 9. The lowest BCUT2D eigenvalue weighted by molar-refractivity contribution is -0.144. The van der Waals surface area contributed by atoms with Gasteiger partial charge in [0, 0.05) is 13.0 Å². The first-order valence-corrected chi connectivity index (χ1v) is 13.6. The fourth-order valence-electron chi connectivity index (χ4n) is 5.00. The van der Waals surface area contributed by atoms with E-state index in [1.807, 2.05) is 30.3 Å². The van der Waals surface area contributed by atoms with Gasteiger partial charge in [0.25, 0.3) is 0 Å². The Hall–Kier alpha value is -2.98. The maximum absolute atomic E-state index is 13.6. The molecular formula is C28H42N4O6.